The van der Waals surface area contributed by atoms with Crippen LogP contribution in [0.15, 0.2) is 18.3 Å². The highest BCUT2D eigenvalue weighted by atomic mass is 19.1. The summed E-state index contributed by atoms with van der Waals surface area (Å²) in [6, 6.07) is 3.07. The Morgan fingerprint density at radius 2 is 2.32 bits per heavy atom. The van der Waals surface area contributed by atoms with Crippen molar-refractivity contribution < 1.29 is 14.3 Å². The third kappa shape index (κ3) is 3.30. The molecular weight excluding hydrogens is 287 g/mol. The smallest absolute Gasteiger partial charge is 0.318 e. The molecular formula is C15H21FN4O2. The molecule has 120 valence electrons. The maximum absolute atomic E-state index is 13.7. The number of nitrogens with one attached hydrogen (secondary N) is 1. The number of anilines is 1. The number of aromatic nitrogens is 1. The number of aliphatic hydroxyl groups is 1. The van der Waals surface area contributed by atoms with Crippen LogP contribution in [0.25, 0.3) is 0 Å². The van der Waals surface area contributed by atoms with Crippen molar-refractivity contribution in [3.63, 3.8) is 0 Å². The Labute approximate surface area is 128 Å². The molecule has 1 aromatic rings. The molecule has 0 bridgehead atoms. The summed E-state index contributed by atoms with van der Waals surface area (Å²) in [5, 5.41) is 12.1. The zero-order chi connectivity index (χ0) is 15.5. The van der Waals surface area contributed by atoms with Gasteiger partial charge in [-0.05, 0) is 31.4 Å². The maximum Gasteiger partial charge on any atom is 0.318 e. The average molecular weight is 308 g/mol. The Balaban J connectivity index is 1.56. The lowest BCUT2D eigenvalue weighted by Gasteiger charge is -2.24. The van der Waals surface area contributed by atoms with Crippen LogP contribution in [-0.4, -0.2) is 59.3 Å². The molecule has 3 rings (SSSR count). The predicted octanol–water partition coefficient (Wildman–Crippen LogP) is 0.966. The van der Waals surface area contributed by atoms with Crippen LogP contribution in [0.1, 0.15) is 19.3 Å². The Morgan fingerprint density at radius 3 is 3.00 bits per heavy atom. The minimum atomic E-state index is -0.339. The van der Waals surface area contributed by atoms with Gasteiger partial charge in [0.15, 0.2) is 11.6 Å². The van der Waals surface area contributed by atoms with Gasteiger partial charge in [0.05, 0.1) is 6.61 Å². The van der Waals surface area contributed by atoms with E-state index in [1.54, 1.807) is 17.2 Å². The fourth-order valence-electron chi connectivity index (χ4n) is 2.88. The number of carbonyl (C=O) groups is 1. The first-order valence-electron chi connectivity index (χ1n) is 7.72. The van der Waals surface area contributed by atoms with Crippen molar-refractivity contribution in [2.45, 2.75) is 31.3 Å². The van der Waals surface area contributed by atoms with Gasteiger partial charge in [-0.3, -0.25) is 0 Å². The van der Waals surface area contributed by atoms with E-state index in [0.717, 1.165) is 19.3 Å². The SMILES string of the molecule is O=C(NC1CCN(c2ncccc2F)C1)N(CCO)C1CC1. The Bertz CT molecular complexity index is 538. The first-order chi connectivity index (χ1) is 10.7. The van der Waals surface area contributed by atoms with Crippen molar-refractivity contribution in [2.75, 3.05) is 31.1 Å². The Kier molecular flexibility index (Phi) is 4.42. The largest absolute Gasteiger partial charge is 0.395 e. The van der Waals surface area contributed by atoms with Crippen LogP contribution in [0, 0.1) is 5.82 Å². The van der Waals surface area contributed by atoms with Crippen molar-refractivity contribution in [1.82, 2.24) is 15.2 Å². The zero-order valence-corrected chi connectivity index (χ0v) is 12.4. The summed E-state index contributed by atoms with van der Waals surface area (Å²) >= 11 is 0. The normalized spacial score (nSPS) is 21.0. The quantitative estimate of drug-likeness (QED) is 0.850. The van der Waals surface area contributed by atoms with Gasteiger partial charge in [0, 0.05) is 37.9 Å². The van der Waals surface area contributed by atoms with Crippen LogP contribution in [-0.2, 0) is 0 Å². The molecule has 7 heteroatoms. The summed E-state index contributed by atoms with van der Waals surface area (Å²) < 4.78 is 13.7. The molecule has 2 aliphatic rings. The fraction of sp³-hybridized carbons (Fsp3) is 0.600. The van der Waals surface area contributed by atoms with E-state index >= 15 is 0 Å². The Hall–Kier alpha value is -1.89. The molecule has 2 amide bonds. The van der Waals surface area contributed by atoms with E-state index in [0.29, 0.717) is 25.5 Å². The predicted molar refractivity (Wildman–Crippen MR) is 80.2 cm³/mol. The highest BCUT2D eigenvalue weighted by Gasteiger charge is 2.34. The van der Waals surface area contributed by atoms with Crippen LogP contribution in [0.3, 0.4) is 0 Å². The lowest BCUT2D eigenvalue weighted by Crippen LogP contribution is -2.47. The minimum absolute atomic E-state index is 0.0196. The minimum Gasteiger partial charge on any atom is -0.395 e. The summed E-state index contributed by atoms with van der Waals surface area (Å²) in [7, 11) is 0. The summed E-state index contributed by atoms with van der Waals surface area (Å²) in [4.78, 5) is 19.9. The van der Waals surface area contributed by atoms with Crippen LogP contribution in [0.2, 0.25) is 0 Å². The molecule has 0 radical (unpaired) electrons. The molecule has 1 aliphatic carbocycles. The van der Waals surface area contributed by atoms with Crippen LogP contribution < -0.4 is 10.2 Å². The number of carbonyl (C=O) groups excluding carboxylic acids is 1. The van der Waals surface area contributed by atoms with Gasteiger partial charge in [0.1, 0.15) is 0 Å². The fourth-order valence-corrected chi connectivity index (χ4v) is 2.88. The molecule has 1 saturated carbocycles. The number of amides is 2. The van der Waals surface area contributed by atoms with Crippen molar-refractivity contribution in [2.24, 2.45) is 0 Å². The van der Waals surface area contributed by atoms with E-state index < -0.39 is 0 Å². The lowest BCUT2D eigenvalue weighted by atomic mass is 10.3. The number of rotatable bonds is 5. The van der Waals surface area contributed by atoms with Gasteiger partial charge in [0.2, 0.25) is 0 Å². The first-order valence-corrected chi connectivity index (χ1v) is 7.72. The number of hydrogen-bond donors (Lipinski definition) is 2. The standard InChI is InChI=1S/C15H21FN4O2/c16-13-2-1-6-17-14(13)19-7-5-11(10-19)18-15(22)20(8-9-21)12-3-4-12/h1-2,6,11-12,21H,3-5,7-10H2,(H,18,22). The van der Waals surface area contributed by atoms with Crippen molar-refractivity contribution in [3.05, 3.63) is 24.1 Å². The second-order valence-corrected chi connectivity index (χ2v) is 5.84. The number of pyridine rings is 1. The number of nitrogens with zero attached hydrogens (tertiary/aromatic N) is 3. The molecule has 2 fully saturated rings. The second kappa shape index (κ2) is 6.48. The summed E-state index contributed by atoms with van der Waals surface area (Å²) in [6.45, 7) is 1.56. The molecule has 0 spiro atoms. The molecule has 22 heavy (non-hydrogen) atoms. The molecule has 1 atom stereocenters. The van der Waals surface area contributed by atoms with Gasteiger partial charge >= 0.3 is 6.03 Å². The van der Waals surface area contributed by atoms with Crippen molar-refractivity contribution >= 4 is 11.8 Å². The van der Waals surface area contributed by atoms with E-state index in [-0.39, 0.29) is 30.5 Å². The number of aliphatic hydroxyl groups excluding tert-OH is 1. The summed E-state index contributed by atoms with van der Waals surface area (Å²) in [5.74, 6) is 0.00280. The average Bonchev–Trinajstić information content (AvgIpc) is 3.25. The molecule has 1 aromatic heterocycles. The molecule has 6 nitrogen and oxygen atoms in total. The molecule has 1 saturated heterocycles. The van der Waals surface area contributed by atoms with E-state index in [9.17, 15) is 9.18 Å². The van der Waals surface area contributed by atoms with Crippen molar-refractivity contribution in [1.29, 1.82) is 0 Å². The van der Waals surface area contributed by atoms with Crippen molar-refractivity contribution in [3.8, 4) is 0 Å². The molecule has 2 N–H and O–H groups in total. The van der Waals surface area contributed by atoms with Gasteiger partial charge in [-0.25, -0.2) is 14.2 Å². The monoisotopic (exact) mass is 308 g/mol. The van der Waals surface area contributed by atoms with Gasteiger partial charge in [0.25, 0.3) is 0 Å². The maximum atomic E-state index is 13.7. The molecule has 1 unspecified atom stereocenters. The molecule has 0 aromatic carbocycles. The van der Waals surface area contributed by atoms with E-state index in [4.69, 9.17) is 5.11 Å². The zero-order valence-electron chi connectivity index (χ0n) is 12.4. The highest BCUT2D eigenvalue weighted by molar-refractivity contribution is 5.75. The molecule has 2 heterocycles. The number of urea groups is 1. The number of hydrogen-bond acceptors (Lipinski definition) is 4. The summed E-state index contributed by atoms with van der Waals surface area (Å²) in [5.41, 5.74) is 0. The summed E-state index contributed by atoms with van der Waals surface area (Å²) in [6.07, 6.45) is 4.34. The third-order valence-corrected chi connectivity index (χ3v) is 4.14. The van der Waals surface area contributed by atoms with Crippen LogP contribution in [0.4, 0.5) is 15.0 Å². The Morgan fingerprint density at radius 1 is 1.50 bits per heavy atom. The number of halogens is 1. The third-order valence-electron chi connectivity index (χ3n) is 4.14. The van der Waals surface area contributed by atoms with Gasteiger partial charge in [-0.15, -0.1) is 0 Å². The van der Waals surface area contributed by atoms with Crippen LogP contribution in [0.5, 0.6) is 0 Å². The van der Waals surface area contributed by atoms with E-state index in [2.05, 4.69) is 10.3 Å². The second-order valence-electron chi connectivity index (χ2n) is 5.84. The molecule has 1 aliphatic heterocycles. The van der Waals surface area contributed by atoms with E-state index in [1.807, 2.05) is 4.90 Å². The topological polar surface area (TPSA) is 68.7 Å². The first kappa shape index (κ1) is 15.0. The van der Waals surface area contributed by atoms with Gasteiger partial charge in [-0.1, -0.05) is 0 Å². The van der Waals surface area contributed by atoms with Crippen LogP contribution >= 0.6 is 0 Å². The lowest BCUT2D eigenvalue weighted by molar-refractivity contribution is 0.171. The van der Waals surface area contributed by atoms with Gasteiger partial charge < -0.3 is 20.2 Å². The van der Waals surface area contributed by atoms with E-state index in [1.165, 1.54) is 6.07 Å². The van der Waals surface area contributed by atoms with Gasteiger partial charge in [-0.2, -0.15) is 0 Å². The highest BCUT2D eigenvalue weighted by Crippen LogP contribution is 2.27.